The highest BCUT2D eigenvalue weighted by atomic mass is 16.7. The number of ether oxygens (including phenoxy) is 4. The summed E-state index contributed by atoms with van der Waals surface area (Å²) in [5.74, 6) is 1.03. The third-order valence-electron chi connectivity index (χ3n) is 9.05. The second-order valence-corrected chi connectivity index (χ2v) is 12.4. The van der Waals surface area contributed by atoms with Crippen molar-refractivity contribution in [2.24, 2.45) is 0 Å². The number of hydrogen-bond donors (Lipinski definition) is 4. The van der Waals surface area contributed by atoms with Crippen LogP contribution < -0.4 is 20.3 Å². The van der Waals surface area contributed by atoms with Crippen LogP contribution in [0.25, 0.3) is 0 Å². The zero-order valence-electron chi connectivity index (χ0n) is 27.8. The number of benzene rings is 3. The first-order valence-corrected chi connectivity index (χ1v) is 16.6. The molecule has 3 atom stereocenters. The van der Waals surface area contributed by atoms with Gasteiger partial charge in [0.25, 0.3) is 0 Å². The molecule has 0 spiro atoms. The van der Waals surface area contributed by atoms with Gasteiger partial charge in [-0.3, -0.25) is 19.7 Å². The second kappa shape index (κ2) is 17.4. The van der Waals surface area contributed by atoms with E-state index in [2.05, 4.69) is 22.3 Å². The van der Waals surface area contributed by atoms with E-state index in [1.807, 2.05) is 48.5 Å². The quantitative estimate of drug-likeness (QED) is 0.102. The molecule has 0 unspecified atom stereocenters. The lowest BCUT2D eigenvalue weighted by molar-refractivity contribution is -0.253. The zero-order valence-corrected chi connectivity index (χ0v) is 27.8. The van der Waals surface area contributed by atoms with E-state index in [-0.39, 0.29) is 31.1 Å². The third-order valence-corrected chi connectivity index (χ3v) is 9.05. The minimum Gasteiger partial charge on any atom is -0.493 e. The minimum atomic E-state index is -0.566. The van der Waals surface area contributed by atoms with Gasteiger partial charge in [0.15, 0.2) is 17.8 Å². The van der Waals surface area contributed by atoms with E-state index in [9.17, 15) is 14.7 Å². The fourth-order valence-corrected chi connectivity index (χ4v) is 6.30. The van der Waals surface area contributed by atoms with Gasteiger partial charge in [-0.2, -0.15) is 0 Å². The van der Waals surface area contributed by atoms with E-state index < -0.39 is 12.2 Å². The molecule has 3 aromatic rings. The van der Waals surface area contributed by atoms with Crippen LogP contribution in [0.3, 0.4) is 0 Å². The van der Waals surface area contributed by atoms with Crippen LogP contribution in [0.4, 0.5) is 0 Å². The molecule has 1 fully saturated rings. The van der Waals surface area contributed by atoms with Gasteiger partial charge in [0, 0.05) is 51.0 Å². The van der Waals surface area contributed by atoms with E-state index in [1.165, 1.54) is 11.1 Å². The average molecular weight is 662 g/mol. The van der Waals surface area contributed by atoms with Crippen LogP contribution in [0.5, 0.6) is 11.5 Å². The van der Waals surface area contributed by atoms with Crippen molar-refractivity contribution in [3.05, 3.63) is 94.0 Å². The maximum absolute atomic E-state index is 12.3. The van der Waals surface area contributed by atoms with Crippen LogP contribution in [0.1, 0.15) is 84.3 Å². The molecule has 258 valence electrons. The van der Waals surface area contributed by atoms with Gasteiger partial charge in [-0.25, -0.2) is 5.48 Å². The van der Waals surface area contributed by atoms with Crippen LogP contribution >= 0.6 is 0 Å². The molecule has 2 aliphatic rings. The molecule has 0 aliphatic carbocycles. The number of fused-ring (bicyclic) bond motifs is 1. The van der Waals surface area contributed by atoms with Crippen molar-refractivity contribution in [1.82, 2.24) is 15.7 Å². The van der Waals surface area contributed by atoms with Crippen molar-refractivity contribution in [3.63, 3.8) is 0 Å². The molecular weight excluding hydrogens is 614 g/mol. The number of rotatable bonds is 15. The van der Waals surface area contributed by atoms with Gasteiger partial charge in [-0.1, -0.05) is 55.0 Å². The summed E-state index contributed by atoms with van der Waals surface area (Å²) in [5, 5.41) is 21.1. The molecule has 11 heteroatoms. The third kappa shape index (κ3) is 9.55. The number of aliphatic hydroxyl groups is 1. The number of nitrogens with zero attached hydrogens (tertiary/aromatic N) is 1. The Labute approximate surface area is 282 Å². The lowest BCUT2D eigenvalue weighted by Crippen LogP contribution is -2.41. The number of hydroxylamine groups is 1. The van der Waals surface area contributed by atoms with E-state index in [0.717, 1.165) is 66.2 Å². The van der Waals surface area contributed by atoms with Gasteiger partial charge in [0.05, 0.1) is 33.0 Å². The molecule has 0 saturated carbocycles. The van der Waals surface area contributed by atoms with Crippen LogP contribution in [0.2, 0.25) is 0 Å². The maximum Gasteiger partial charge on any atom is 0.243 e. The van der Waals surface area contributed by atoms with Crippen molar-refractivity contribution in [3.8, 4) is 11.5 Å². The number of hydrogen-bond acceptors (Lipinski definition) is 9. The summed E-state index contributed by atoms with van der Waals surface area (Å²) < 4.78 is 24.2. The van der Waals surface area contributed by atoms with Gasteiger partial charge in [0.2, 0.25) is 11.8 Å². The minimum absolute atomic E-state index is 0.00836. The van der Waals surface area contributed by atoms with Crippen LogP contribution in [-0.4, -0.2) is 60.4 Å². The number of unbranched alkanes of at least 4 members (excludes halogenated alkanes) is 2. The molecule has 48 heavy (non-hydrogen) atoms. The summed E-state index contributed by atoms with van der Waals surface area (Å²) in [4.78, 5) is 25.8. The normalized spacial score (nSPS) is 19.3. The monoisotopic (exact) mass is 661 g/mol. The molecule has 1 saturated heterocycles. The number of amides is 2. The predicted molar refractivity (Wildman–Crippen MR) is 178 cm³/mol. The first-order chi connectivity index (χ1) is 23.4. The molecular formula is C37H47N3O8. The summed E-state index contributed by atoms with van der Waals surface area (Å²) in [6.45, 7) is 2.85. The van der Waals surface area contributed by atoms with Crippen LogP contribution in [-0.2, 0) is 45.2 Å². The largest absolute Gasteiger partial charge is 0.493 e. The molecule has 11 nitrogen and oxygen atoms in total. The first kappa shape index (κ1) is 35.3. The Hall–Kier alpha value is -4.00. The summed E-state index contributed by atoms with van der Waals surface area (Å²) in [6.07, 6.45) is 3.45. The Bertz CT molecular complexity index is 1500. The lowest BCUT2D eigenvalue weighted by atomic mass is 9.97. The summed E-state index contributed by atoms with van der Waals surface area (Å²) in [7, 11) is 3.32. The first-order valence-electron chi connectivity index (χ1n) is 16.6. The van der Waals surface area contributed by atoms with Crippen molar-refractivity contribution < 1.29 is 38.9 Å². The number of carbonyl (C=O) groups excluding carboxylic acids is 2. The van der Waals surface area contributed by atoms with E-state index in [4.69, 9.17) is 24.2 Å². The molecule has 5 rings (SSSR count). The Balaban J connectivity index is 1.21. The highest BCUT2D eigenvalue weighted by Gasteiger charge is 2.34. The van der Waals surface area contributed by atoms with E-state index in [0.29, 0.717) is 32.2 Å². The highest BCUT2D eigenvalue weighted by molar-refractivity contribution is 5.76. The number of aliphatic hydroxyl groups excluding tert-OH is 1. The van der Waals surface area contributed by atoms with Crippen molar-refractivity contribution in [2.45, 2.75) is 83.1 Å². The SMILES string of the molecule is COc1cc2c(cc1OC)CN(C[C@@H]1C[C@H](c3ccc(CO)cc3)O[C@H](c3ccc(CNC(=O)CCCCCC(=O)NO)cc3)O1)CC2. The van der Waals surface area contributed by atoms with E-state index in [1.54, 1.807) is 19.7 Å². The van der Waals surface area contributed by atoms with Gasteiger partial charge in [-0.15, -0.1) is 0 Å². The summed E-state index contributed by atoms with van der Waals surface area (Å²) >= 11 is 0. The van der Waals surface area contributed by atoms with Gasteiger partial charge >= 0.3 is 0 Å². The van der Waals surface area contributed by atoms with Gasteiger partial charge in [0.1, 0.15) is 0 Å². The van der Waals surface area contributed by atoms with Crippen molar-refractivity contribution >= 4 is 11.8 Å². The zero-order chi connectivity index (χ0) is 33.9. The van der Waals surface area contributed by atoms with Gasteiger partial charge in [-0.05, 0) is 59.2 Å². The molecule has 0 radical (unpaired) electrons. The standard InChI is InChI=1S/C37H47N3O8/c1-45-33-18-29-16-17-40(22-30(29)19-34(33)46-2)23-31-20-32(27-12-10-26(24-41)11-13-27)48-37(47-31)28-14-8-25(9-15-28)21-38-35(42)6-4-3-5-7-36(43)39-44/h8-15,18-19,31-32,37,41,44H,3-7,16-17,20-24H2,1-2H3,(H,38,42)(H,39,43)/t31-,32+,37+/m0/s1. The van der Waals surface area contributed by atoms with Crippen molar-refractivity contribution in [1.29, 1.82) is 0 Å². The van der Waals surface area contributed by atoms with E-state index >= 15 is 0 Å². The number of methoxy groups -OCH3 is 2. The summed E-state index contributed by atoms with van der Waals surface area (Å²) in [5.41, 5.74) is 7.89. The topological polar surface area (TPSA) is 139 Å². The number of carbonyl (C=O) groups is 2. The fraction of sp³-hybridized carbons (Fsp3) is 0.459. The molecule has 0 aromatic heterocycles. The Morgan fingerprint density at radius 2 is 1.50 bits per heavy atom. The molecule has 2 amide bonds. The number of nitrogens with one attached hydrogen (secondary N) is 2. The van der Waals surface area contributed by atoms with Crippen molar-refractivity contribution in [2.75, 3.05) is 27.3 Å². The lowest BCUT2D eigenvalue weighted by Gasteiger charge is -2.39. The average Bonchev–Trinajstić information content (AvgIpc) is 3.13. The Morgan fingerprint density at radius 3 is 2.17 bits per heavy atom. The molecule has 2 aliphatic heterocycles. The summed E-state index contributed by atoms with van der Waals surface area (Å²) in [6, 6.07) is 20.0. The maximum atomic E-state index is 12.3. The fourth-order valence-electron chi connectivity index (χ4n) is 6.30. The van der Waals surface area contributed by atoms with Crippen LogP contribution in [0, 0.1) is 0 Å². The molecule has 4 N–H and O–H groups in total. The molecule has 3 aromatic carbocycles. The smallest absolute Gasteiger partial charge is 0.243 e. The molecule has 2 heterocycles. The predicted octanol–water partition coefficient (Wildman–Crippen LogP) is 4.87. The molecule has 0 bridgehead atoms. The van der Waals surface area contributed by atoms with Crippen LogP contribution in [0.15, 0.2) is 60.7 Å². The Kier molecular flexibility index (Phi) is 12.8. The Morgan fingerprint density at radius 1 is 0.854 bits per heavy atom. The highest BCUT2D eigenvalue weighted by Crippen LogP contribution is 2.39. The van der Waals surface area contributed by atoms with Gasteiger partial charge < -0.3 is 29.4 Å². The second-order valence-electron chi connectivity index (χ2n) is 12.4.